The van der Waals surface area contributed by atoms with Gasteiger partial charge in [0.05, 0.1) is 5.69 Å². The maximum atomic E-state index is 6.57. The van der Waals surface area contributed by atoms with Crippen LogP contribution in [0.25, 0.3) is 33.2 Å². The molecule has 4 aromatic rings. The van der Waals surface area contributed by atoms with Crippen molar-refractivity contribution in [1.82, 2.24) is 15.0 Å². The minimum Gasteiger partial charge on any atom is -0.265 e. The van der Waals surface area contributed by atoms with Gasteiger partial charge in [-0.05, 0) is 40.8 Å². The van der Waals surface area contributed by atoms with E-state index in [9.17, 15) is 0 Å². The number of thioether (sulfide) groups is 1. The van der Waals surface area contributed by atoms with Gasteiger partial charge < -0.3 is 0 Å². The van der Waals surface area contributed by atoms with Gasteiger partial charge in [-0.25, -0.2) is 9.97 Å². The molecule has 3 nitrogen and oxygen atoms in total. The predicted molar refractivity (Wildman–Crippen MR) is 116 cm³/mol. The minimum atomic E-state index is 0.460. The quantitative estimate of drug-likeness (QED) is 0.219. The third-order valence-corrected chi connectivity index (χ3v) is 4.84. The van der Waals surface area contributed by atoms with Crippen LogP contribution >= 0.6 is 23.4 Å². The van der Waals surface area contributed by atoms with Gasteiger partial charge in [-0.2, -0.15) is 0 Å². The second-order valence-corrected chi connectivity index (χ2v) is 6.65. The molecular formula is C22H20ClN3S. The van der Waals surface area contributed by atoms with Crippen LogP contribution in [0.15, 0.2) is 72.1 Å². The highest BCUT2D eigenvalue weighted by molar-refractivity contribution is 7.98. The van der Waals surface area contributed by atoms with Crippen molar-refractivity contribution in [3.05, 3.63) is 72.1 Å². The number of hydrogen-bond donors (Lipinski definition) is 0. The van der Waals surface area contributed by atoms with Gasteiger partial charge >= 0.3 is 0 Å². The number of benzene rings is 2. The Balaban J connectivity index is 0.00000102. The number of nitrogens with zero attached hydrogens (tertiary/aromatic N) is 3. The van der Waals surface area contributed by atoms with Gasteiger partial charge in [0.2, 0.25) is 0 Å². The van der Waals surface area contributed by atoms with Crippen molar-refractivity contribution in [3.63, 3.8) is 0 Å². The van der Waals surface area contributed by atoms with Gasteiger partial charge in [-0.15, -0.1) is 0 Å². The SMILES string of the molecule is CC.CSc1nc(Cl)c(-c2ccc3ccccc3c2)c(-c2ccncc2)n1. The van der Waals surface area contributed by atoms with Crippen molar-refractivity contribution in [2.75, 3.05) is 6.26 Å². The summed E-state index contributed by atoms with van der Waals surface area (Å²) in [5, 5.41) is 3.46. The fraction of sp³-hybridized carbons (Fsp3) is 0.136. The van der Waals surface area contributed by atoms with Crippen LogP contribution in [0, 0.1) is 0 Å². The van der Waals surface area contributed by atoms with Crippen molar-refractivity contribution in [1.29, 1.82) is 0 Å². The second-order valence-electron chi connectivity index (χ2n) is 5.52. The Hall–Kier alpha value is -2.43. The van der Waals surface area contributed by atoms with Gasteiger partial charge in [0.15, 0.2) is 5.16 Å². The molecule has 0 bridgehead atoms. The summed E-state index contributed by atoms with van der Waals surface area (Å²) < 4.78 is 0. The summed E-state index contributed by atoms with van der Waals surface area (Å²) in [4.78, 5) is 13.3. The van der Waals surface area contributed by atoms with E-state index in [4.69, 9.17) is 16.6 Å². The summed E-state index contributed by atoms with van der Waals surface area (Å²) in [6.45, 7) is 4.00. The van der Waals surface area contributed by atoms with Crippen molar-refractivity contribution in [3.8, 4) is 22.4 Å². The molecule has 2 aromatic heterocycles. The zero-order valence-corrected chi connectivity index (χ0v) is 17.1. The lowest BCUT2D eigenvalue weighted by Crippen LogP contribution is -1.97. The average Bonchev–Trinajstić information content (AvgIpc) is 2.75. The maximum Gasteiger partial charge on any atom is 0.189 e. The molecule has 2 heterocycles. The van der Waals surface area contributed by atoms with Crippen LogP contribution in [0.5, 0.6) is 0 Å². The number of halogens is 1. The zero-order chi connectivity index (χ0) is 19.2. The molecule has 27 heavy (non-hydrogen) atoms. The summed E-state index contributed by atoms with van der Waals surface area (Å²) in [7, 11) is 0. The van der Waals surface area contributed by atoms with Crippen LogP contribution in [-0.2, 0) is 0 Å². The third-order valence-electron chi connectivity index (χ3n) is 4.02. The molecule has 5 heteroatoms. The van der Waals surface area contributed by atoms with E-state index in [1.807, 2.05) is 44.4 Å². The Morgan fingerprint density at radius 1 is 0.815 bits per heavy atom. The maximum absolute atomic E-state index is 6.57. The molecule has 0 atom stereocenters. The van der Waals surface area contributed by atoms with Gasteiger partial charge in [0.25, 0.3) is 0 Å². The number of hydrogen-bond acceptors (Lipinski definition) is 4. The van der Waals surface area contributed by atoms with E-state index in [0.717, 1.165) is 27.8 Å². The Labute approximate surface area is 168 Å². The molecule has 2 aromatic carbocycles. The highest BCUT2D eigenvalue weighted by atomic mass is 35.5. The predicted octanol–water partition coefficient (Wildman–Crippen LogP) is 6.76. The van der Waals surface area contributed by atoms with E-state index in [-0.39, 0.29) is 0 Å². The zero-order valence-electron chi connectivity index (χ0n) is 15.5. The topological polar surface area (TPSA) is 38.7 Å². The third kappa shape index (κ3) is 4.12. The van der Waals surface area contributed by atoms with Crippen LogP contribution in [-0.4, -0.2) is 21.2 Å². The number of aromatic nitrogens is 3. The lowest BCUT2D eigenvalue weighted by Gasteiger charge is -2.13. The smallest absolute Gasteiger partial charge is 0.189 e. The monoisotopic (exact) mass is 393 g/mol. The largest absolute Gasteiger partial charge is 0.265 e. The van der Waals surface area contributed by atoms with Crippen molar-refractivity contribution < 1.29 is 0 Å². The molecule has 136 valence electrons. The lowest BCUT2D eigenvalue weighted by molar-refractivity contribution is 0.979. The molecule has 4 rings (SSSR count). The molecule has 0 aliphatic rings. The molecule has 0 N–H and O–H groups in total. The molecular weight excluding hydrogens is 374 g/mol. The molecule has 0 spiro atoms. The van der Waals surface area contributed by atoms with Crippen molar-refractivity contribution >= 4 is 34.1 Å². The van der Waals surface area contributed by atoms with E-state index in [1.165, 1.54) is 17.1 Å². The van der Waals surface area contributed by atoms with Crippen molar-refractivity contribution in [2.45, 2.75) is 19.0 Å². The molecule has 0 fully saturated rings. The fourth-order valence-corrected chi connectivity index (χ4v) is 3.52. The Kier molecular flexibility index (Phi) is 6.43. The van der Waals surface area contributed by atoms with E-state index < -0.39 is 0 Å². The van der Waals surface area contributed by atoms with Gasteiger partial charge in [0, 0.05) is 23.5 Å². The fourth-order valence-electron chi connectivity index (χ4n) is 2.82. The first-order valence-corrected chi connectivity index (χ1v) is 10.4. The first-order chi connectivity index (χ1) is 13.3. The van der Waals surface area contributed by atoms with Crippen LogP contribution < -0.4 is 0 Å². The number of pyridine rings is 1. The Bertz CT molecular complexity index is 1050. The van der Waals surface area contributed by atoms with Crippen molar-refractivity contribution in [2.24, 2.45) is 0 Å². The molecule has 0 saturated heterocycles. The van der Waals surface area contributed by atoms with Gasteiger partial charge in [-0.3, -0.25) is 4.98 Å². The molecule has 0 radical (unpaired) electrons. The Morgan fingerprint density at radius 2 is 1.52 bits per heavy atom. The van der Waals surface area contributed by atoms with E-state index in [1.54, 1.807) is 12.4 Å². The molecule has 0 amide bonds. The highest BCUT2D eigenvalue weighted by Crippen LogP contribution is 2.37. The van der Waals surface area contributed by atoms with E-state index in [0.29, 0.717) is 10.3 Å². The first kappa shape index (κ1) is 19.3. The highest BCUT2D eigenvalue weighted by Gasteiger charge is 2.17. The standard InChI is InChI=1S/C20H14ClN3S.C2H6/c1-25-20-23-18(14-8-10-22-11-9-14)17(19(21)24-20)16-7-6-13-4-2-3-5-15(13)12-16;1-2/h2-12H,1H3;1-2H3. The molecule has 0 aliphatic carbocycles. The minimum absolute atomic E-state index is 0.460. The van der Waals surface area contributed by atoms with E-state index >= 15 is 0 Å². The first-order valence-electron chi connectivity index (χ1n) is 8.77. The van der Waals surface area contributed by atoms with Crippen LogP contribution in [0.1, 0.15) is 13.8 Å². The normalized spacial score (nSPS) is 10.4. The molecule has 0 aliphatic heterocycles. The number of rotatable bonds is 3. The van der Waals surface area contributed by atoms with Crippen LogP contribution in [0.2, 0.25) is 5.15 Å². The summed E-state index contributed by atoms with van der Waals surface area (Å²) in [5.41, 5.74) is 3.64. The second kappa shape index (κ2) is 8.98. The summed E-state index contributed by atoms with van der Waals surface area (Å²) in [5.74, 6) is 0. The lowest BCUT2D eigenvalue weighted by atomic mass is 9.98. The summed E-state index contributed by atoms with van der Waals surface area (Å²) in [6, 6.07) is 18.4. The summed E-state index contributed by atoms with van der Waals surface area (Å²) in [6.07, 6.45) is 5.46. The van der Waals surface area contributed by atoms with E-state index in [2.05, 4.69) is 40.3 Å². The van der Waals surface area contributed by atoms with Gasteiger partial charge in [-0.1, -0.05) is 73.6 Å². The molecule has 0 unspecified atom stereocenters. The number of fused-ring (bicyclic) bond motifs is 1. The summed E-state index contributed by atoms with van der Waals surface area (Å²) >= 11 is 8.04. The average molecular weight is 394 g/mol. The van der Waals surface area contributed by atoms with Crippen LogP contribution in [0.4, 0.5) is 0 Å². The van der Waals surface area contributed by atoms with Gasteiger partial charge in [0.1, 0.15) is 5.15 Å². The molecule has 0 saturated carbocycles. The van der Waals surface area contributed by atoms with Crippen LogP contribution in [0.3, 0.4) is 0 Å². The Morgan fingerprint density at radius 3 is 2.22 bits per heavy atom.